The molecule has 0 amide bonds. The summed E-state index contributed by atoms with van der Waals surface area (Å²) < 4.78 is 5.45. The second-order valence-electron chi connectivity index (χ2n) is 2.97. The summed E-state index contributed by atoms with van der Waals surface area (Å²) in [4.78, 5) is 14.2. The van der Waals surface area contributed by atoms with Gasteiger partial charge in [0.2, 0.25) is 0 Å². The van der Waals surface area contributed by atoms with Crippen LogP contribution in [0.4, 0.5) is 0 Å². The van der Waals surface area contributed by atoms with Gasteiger partial charge in [-0.1, -0.05) is 11.6 Å². The Morgan fingerprint density at radius 1 is 1.62 bits per heavy atom. The maximum Gasteiger partial charge on any atom is 0.168 e. The number of rotatable bonds is 3. The molecule has 1 aliphatic rings. The number of ether oxygens (including phenoxy) is 1. The van der Waals surface area contributed by atoms with Gasteiger partial charge in [0.25, 0.3) is 0 Å². The van der Waals surface area contributed by atoms with E-state index < -0.39 is 0 Å². The highest BCUT2D eigenvalue weighted by Crippen LogP contribution is 2.31. The molecule has 4 heteroatoms. The smallest absolute Gasteiger partial charge is 0.168 e. The standard InChI is InChI=1S/C9H8ClNO2/c10-8-3-6(5-12)11-4-9(8)13-7-1-2-7/h3-5,7H,1-2H2. The number of aldehydes is 1. The average molecular weight is 198 g/mol. The van der Waals surface area contributed by atoms with Gasteiger partial charge in [-0.15, -0.1) is 0 Å². The maximum atomic E-state index is 10.3. The van der Waals surface area contributed by atoms with Crippen molar-refractivity contribution < 1.29 is 9.53 Å². The molecule has 68 valence electrons. The zero-order valence-electron chi connectivity index (χ0n) is 6.87. The summed E-state index contributed by atoms with van der Waals surface area (Å²) >= 11 is 5.86. The summed E-state index contributed by atoms with van der Waals surface area (Å²) in [6.07, 6.45) is 4.59. The Bertz CT molecular complexity index is 336. The molecule has 0 spiro atoms. The quantitative estimate of drug-likeness (QED) is 0.697. The van der Waals surface area contributed by atoms with Gasteiger partial charge in [0.15, 0.2) is 12.0 Å². The fourth-order valence-electron chi connectivity index (χ4n) is 0.950. The van der Waals surface area contributed by atoms with Gasteiger partial charge < -0.3 is 4.74 Å². The molecule has 0 bridgehead atoms. The van der Waals surface area contributed by atoms with E-state index in [9.17, 15) is 4.79 Å². The second-order valence-corrected chi connectivity index (χ2v) is 3.38. The Kier molecular flexibility index (Phi) is 2.19. The number of nitrogens with zero attached hydrogens (tertiary/aromatic N) is 1. The summed E-state index contributed by atoms with van der Waals surface area (Å²) in [5.41, 5.74) is 0.327. The maximum absolute atomic E-state index is 10.3. The summed E-state index contributed by atoms with van der Waals surface area (Å²) in [7, 11) is 0. The van der Waals surface area contributed by atoms with Gasteiger partial charge in [0, 0.05) is 0 Å². The Morgan fingerprint density at radius 3 is 2.92 bits per heavy atom. The molecule has 1 saturated carbocycles. The van der Waals surface area contributed by atoms with Crippen LogP contribution < -0.4 is 4.74 Å². The van der Waals surface area contributed by atoms with E-state index in [2.05, 4.69) is 4.98 Å². The van der Waals surface area contributed by atoms with Crippen molar-refractivity contribution in [3.8, 4) is 5.75 Å². The molecule has 1 aromatic heterocycles. The second kappa shape index (κ2) is 3.34. The van der Waals surface area contributed by atoms with Gasteiger partial charge in [-0.25, -0.2) is 4.98 Å². The first-order valence-corrected chi connectivity index (χ1v) is 4.45. The van der Waals surface area contributed by atoms with Crippen LogP contribution in [0, 0.1) is 0 Å². The van der Waals surface area contributed by atoms with Crippen LogP contribution in [0.1, 0.15) is 23.3 Å². The first-order chi connectivity index (χ1) is 6.29. The third-order valence-corrected chi connectivity index (χ3v) is 2.07. The zero-order valence-corrected chi connectivity index (χ0v) is 7.62. The molecule has 0 saturated heterocycles. The van der Waals surface area contributed by atoms with Crippen LogP contribution in [0.15, 0.2) is 12.3 Å². The monoisotopic (exact) mass is 197 g/mol. The first-order valence-electron chi connectivity index (χ1n) is 4.07. The van der Waals surface area contributed by atoms with Crippen LogP contribution in [-0.2, 0) is 0 Å². The van der Waals surface area contributed by atoms with Gasteiger partial charge in [0.05, 0.1) is 17.3 Å². The van der Waals surface area contributed by atoms with Crippen molar-refractivity contribution in [1.82, 2.24) is 4.98 Å². The van der Waals surface area contributed by atoms with E-state index in [4.69, 9.17) is 16.3 Å². The molecule has 1 heterocycles. The lowest BCUT2D eigenvalue weighted by molar-refractivity contribution is 0.111. The normalized spacial score (nSPS) is 15.5. The SMILES string of the molecule is O=Cc1cc(Cl)c(OC2CC2)cn1. The molecule has 1 fully saturated rings. The van der Waals surface area contributed by atoms with Crippen molar-refractivity contribution in [2.24, 2.45) is 0 Å². The molecule has 0 radical (unpaired) electrons. The van der Waals surface area contributed by atoms with Crippen LogP contribution in [0.3, 0.4) is 0 Å². The molecule has 0 unspecified atom stereocenters. The molecule has 13 heavy (non-hydrogen) atoms. The zero-order chi connectivity index (χ0) is 9.26. The third-order valence-electron chi connectivity index (χ3n) is 1.78. The molecule has 3 nitrogen and oxygen atoms in total. The number of halogens is 1. The molecule has 0 atom stereocenters. The molecule has 0 N–H and O–H groups in total. The fraction of sp³-hybridized carbons (Fsp3) is 0.333. The topological polar surface area (TPSA) is 39.2 Å². The Hall–Kier alpha value is -1.09. The van der Waals surface area contributed by atoms with Gasteiger partial charge in [-0.3, -0.25) is 4.79 Å². The predicted octanol–water partition coefficient (Wildman–Crippen LogP) is 2.09. The van der Waals surface area contributed by atoms with Gasteiger partial charge in [-0.2, -0.15) is 0 Å². The predicted molar refractivity (Wildman–Crippen MR) is 48.3 cm³/mol. The summed E-state index contributed by atoms with van der Waals surface area (Å²) in [6.45, 7) is 0. The minimum absolute atomic E-state index is 0.293. The highest BCUT2D eigenvalue weighted by molar-refractivity contribution is 6.32. The lowest BCUT2D eigenvalue weighted by atomic mass is 10.3. The van der Waals surface area contributed by atoms with E-state index in [-0.39, 0.29) is 0 Å². The summed E-state index contributed by atoms with van der Waals surface area (Å²) in [5, 5.41) is 0.448. The van der Waals surface area contributed by atoms with Crippen molar-refractivity contribution >= 4 is 17.9 Å². The van der Waals surface area contributed by atoms with Crippen molar-refractivity contribution in [1.29, 1.82) is 0 Å². The number of hydrogen-bond donors (Lipinski definition) is 0. The molecular weight excluding hydrogens is 190 g/mol. The largest absolute Gasteiger partial charge is 0.487 e. The van der Waals surface area contributed by atoms with Crippen LogP contribution in [0.25, 0.3) is 0 Å². The number of aromatic nitrogens is 1. The van der Waals surface area contributed by atoms with E-state index in [1.54, 1.807) is 0 Å². The highest BCUT2D eigenvalue weighted by atomic mass is 35.5. The number of hydrogen-bond acceptors (Lipinski definition) is 3. The number of carbonyl (C=O) groups is 1. The Morgan fingerprint density at radius 2 is 2.38 bits per heavy atom. The average Bonchev–Trinajstić information content (AvgIpc) is 2.92. The summed E-state index contributed by atoms with van der Waals surface area (Å²) in [6, 6.07) is 1.51. The third kappa shape index (κ3) is 1.98. The molecule has 0 aliphatic heterocycles. The van der Waals surface area contributed by atoms with Crippen LogP contribution >= 0.6 is 11.6 Å². The molecule has 1 aliphatic carbocycles. The number of carbonyl (C=O) groups excluding carboxylic acids is 1. The van der Waals surface area contributed by atoms with Gasteiger partial charge in [-0.05, 0) is 18.9 Å². The molecular formula is C9H8ClNO2. The van der Waals surface area contributed by atoms with E-state index in [1.165, 1.54) is 12.3 Å². The van der Waals surface area contributed by atoms with Crippen molar-refractivity contribution in [3.63, 3.8) is 0 Å². The van der Waals surface area contributed by atoms with Crippen LogP contribution in [0.5, 0.6) is 5.75 Å². The minimum Gasteiger partial charge on any atom is -0.487 e. The minimum atomic E-state index is 0.293. The van der Waals surface area contributed by atoms with Crippen LogP contribution in [0.2, 0.25) is 5.02 Å². The van der Waals surface area contributed by atoms with E-state index in [0.717, 1.165) is 12.8 Å². The van der Waals surface area contributed by atoms with E-state index in [0.29, 0.717) is 28.9 Å². The number of pyridine rings is 1. The van der Waals surface area contributed by atoms with E-state index in [1.807, 2.05) is 0 Å². The van der Waals surface area contributed by atoms with Crippen molar-refractivity contribution in [3.05, 3.63) is 23.0 Å². The van der Waals surface area contributed by atoms with Gasteiger partial charge in [0.1, 0.15) is 5.69 Å². The van der Waals surface area contributed by atoms with Crippen molar-refractivity contribution in [2.75, 3.05) is 0 Å². The first kappa shape index (κ1) is 8.51. The lowest BCUT2D eigenvalue weighted by Crippen LogP contribution is -1.98. The molecule has 1 aromatic rings. The molecule has 2 rings (SSSR count). The van der Waals surface area contributed by atoms with Crippen molar-refractivity contribution in [2.45, 2.75) is 18.9 Å². The lowest BCUT2D eigenvalue weighted by Gasteiger charge is -2.05. The van der Waals surface area contributed by atoms with Crippen LogP contribution in [-0.4, -0.2) is 17.4 Å². The fourth-order valence-corrected chi connectivity index (χ4v) is 1.15. The summed E-state index contributed by atoms with van der Waals surface area (Å²) in [5.74, 6) is 0.565. The Labute approximate surface area is 80.7 Å². The Balaban J connectivity index is 2.20. The van der Waals surface area contributed by atoms with Gasteiger partial charge >= 0.3 is 0 Å². The highest BCUT2D eigenvalue weighted by Gasteiger charge is 2.24. The molecule has 0 aromatic carbocycles. The van der Waals surface area contributed by atoms with E-state index >= 15 is 0 Å².